The van der Waals surface area contributed by atoms with Crippen molar-refractivity contribution in [2.24, 2.45) is 0 Å². The quantitative estimate of drug-likeness (QED) is 0.343. The summed E-state index contributed by atoms with van der Waals surface area (Å²) in [6.45, 7) is 7.30. The summed E-state index contributed by atoms with van der Waals surface area (Å²) in [7, 11) is 4.78. The van der Waals surface area contributed by atoms with Gasteiger partial charge < -0.3 is 9.39 Å². The molecular formula is C12H12BN3O3. The van der Waals surface area contributed by atoms with Crippen LogP contribution in [0, 0.1) is 0 Å². The third-order valence-corrected chi connectivity index (χ3v) is 2.04. The lowest BCUT2D eigenvalue weighted by atomic mass is 10.2. The number of H-pyrrole nitrogens is 1. The zero-order valence-corrected chi connectivity index (χ0v) is 10.2. The predicted molar refractivity (Wildman–Crippen MR) is 69.6 cm³/mol. The minimum absolute atomic E-state index is 0.201. The Bertz CT molecular complexity index is 506. The van der Waals surface area contributed by atoms with Crippen molar-refractivity contribution >= 4 is 14.0 Å². The highest BCUT2D eigenvalue weighted by atomic mass is 16.5. The normalized spacial score (nSPS) is 11.8. The van der Waals surface area contributed by atoms with Crippen LogP contribution in [0.4, 0.5) is 0 Å². The van der Waals surface area contributed by atoms with Gasteiger partial charge in [-0.15, -0.1) is 0 Å². The van der Waals surface area contributed by atoms with Gasteiger partial charge in [0, 0.05) is 0 Å². The lowest BCUT2D eigenvalue weighted by Crippen LogP contribution is -2.03. The fourth-order valence-corrected chi connectivity index (χ4v) is 1.09. The molecule has 0 amide bonds. The van der Waals surface area contributed by atoms with Crippen molar-refractivity contribution in [1.29, 1.82) is 0 Å². The van der Waals surface area contributed by atoms with E-state index >= 15 is 0 Å². The van der Waals surface area contributed by atoms with Crippen molar-refractivity contribution in [2.45, 2.75) is 6.61 Å². The zero-order chi connectivity index (χ0) is 14.1. The van der Waals surface area contributed by atoms with Crippen molar-refractivity contribution in [2.75, 3.05) is 0 Å². The predicted octanol–water partition coefficient (Wildman–Crippen LogP) is 1.13. The lowest BCUT2D eigenvalue weighted by molar-refractivity contribution is -0.129. The van der Waals surface area contributed by atoms with Gasteiger partial charge in [0.25, 0.3) is 0 Å². The minimum Gasteiger partial charge on any atom is -0.540 e. The van der Waals surface area contributed by atoms with Crippen LogP contribution >= 0.6 is 0 Å². The summed E-state index contributed by atoms with van der Waals surface area (Å²) in [6, 6.07) is 0. The van der Waals surface area contributed by atoms with Gasteiger partial charge in [-0.2, -0.15) is 15.4 Å². The standard InChI is InChI=1S/C12H12BN3O3/c1-3-9(12(17)19-13)5-6-11(4-2)18-8-10-7-14-16-15-10/h3-7H,1-2,8H2,(H,14,15,16)/b9-5+,11-6+. The summed E-state index contributed by atoms with van der Waals surface area (Å²) in [6.07, 6.45) is 7.36. The molecule has 1 rings (SSSR count). The van der Waals surface area contributed by atoms with Crippen molar-refractivity contribution in [3.63, 3.8) is 0 Å². The van der Waals surface area contributed by atoms with E-state index in [-0.39, 0.29) is 12.2 Å². The number of aromatic amines is 1. The topological polar surface area (TPSA) is 77.1 Å². The van der Waals surface area contributed by atoms with Crippen LogP contribution in [0.3, 0.4) is 0 Å². The second kappa shape index (κ2) is 7.70. The highest BCUT2D eigenvalue weighted by Crippen LogP contribution is 2.06. The monoisotopic (exact) mass is 257 g/mol. The number of rotatable bonds is 7. The summed E-state index contributed by atoms with van der Waals surface area (Å²) in [4.78, 5) is 11.2. The Morgan fingerprint density at radius 3 is 2.74 bits per heavy atom. The van der Waals surface area contributed by atoms with E-state index in [4.69, 9.17) is 12.8 Å². The van der Waals surface area contributed by atoms with Crippen LogP contribution in [0.1, 0.15) is 5.69 Å². The Labute approximate surface area is 111 Å². The molecule has 0 aliphatic carbocycles. The Morgan fingerprint density at radius 2 is 2.21 bits per heavy atom. The molecule has 0 bridgehead atoms. The molecule has 0 aliphatic rings. The average Bonchev–Trinajstić information content (AvgIpc) is 2.95. The van der Waals surface area contributed by atoms with Gasteiger partial charge in [-0.3, -0.25) is 0 Å². The van der Waals surface area contributed by atoms with Crippen LogP contribution in [-0.4, -0.2) is 29.4 Å². The number of carbonyl (C=O) groups excluding carboxylic acids is 1. The highest BCUT2D eigenvalue weighted by molar-refractivity contribution is 6.10. The first-order chi connectivity index (χ1) is 9.21. The van der Waals surface area contributed by atoms with Gasteiger partial charge in [0.15, 0.2) is 0 Å². The molecule has 1 aromatic rings. The molecule has 0 fully saturated rings. The number of aromatic nitrogens is 3. The van der Waals surface area contributed by atoms with Gasteiger partial charge >= 0.3 is 14.0 Å². The molecule has 0 spiro atoms. The number of nitrogens with one attached hydrogen (secondary N) is 1. The molecule has 1 heterocycles. The van der Waals surface area contributed by atoms with Gasteiger partial charge in [0.05, 0.1) is 11.8 Å². The second-order valence-corrected chi connectivity index (χ2v) is 3.25. The second-order valence-electron chi connectivity index (χ2n) is 3.25. The number of nitrogens with zero attached hydrogens (tertiary/aromatic N) is 2. The Hall–Kier alpha value is -2.57. The van der Waals surface area contributed by atoms with E-state index in [2.05, 4.69) is 33.2 Å². The molecular weight excluding hydrogens is 245 g/mol. The molecule has 0 saturated heterocycles. The summed E-state index contributed by atoms with van der Waals surface area (Å²) in [5.41, 5.74) is 0.842. The maximum atomic E-state index is 11.2. The highest BCUT2D eigenvalue weighted by Gasteiger charge is 2.03. The molecule has 0 saturated carbocycles. The minimum atomic E-state index is -0.689. The number of allylic oxidation sites excluding steroid dienone is 3. The van der Waals surface area contributed by atoms with Gasteiger partial charge in [0.2, 0.25) is 0 Å². The van der Waals surface area contributed by atoms with E-state index in [0.29, 0.717) is 11.5 Å². The molecule has 0 aliphatic heterocycles. The van der Waals surface area contributed by atoms with Crippen LogP contribution in [0.25, 0.3) is 0 Å². The largest absolute Gasteiger partial charge is 0.540 e. The number of hydrogen-bond acceptors (Lipinski definition) is 5. The van der Waals surface area contributed by atoms with Crippen molar-refractivity contribution in [1.82, 2.24) is 15.4 Å². The Balaban J connectivity index is 2.70. The van der Waals surface area contributed by atoms with Crippen LogP contribution < -0.4 is 0 Å². The maximum absolute atomic E-state index is 11.2. The molecule has 6 nitrogen and oxygen atoms in total. The molecule has 2 radical (unpaired) electrons. The maximum Gasteiger partial charge on any atom is 0.378 e. The van der Waals surface area contributed by atoms with Gasteiger partial charge in [-0.1, -0.05) is 19.2 Å². The van der Waals surface area contributed by atoms with E-state index in [9.17, 15) is 4.79 Å². The molecule has 0 atom stereocenters. The van der Waals surface area contributed by atoms with Gasteiger partial charge in [-0.25, -0.2) is 4.79 Å². The van der Waals surface area contributed by atoms with Gasteiger partial charge in [0.1, 0.15) is 18.1 Å². The molecule has 7 heteroatoms. The van der Waals surface area contributed by atoms with Crippen LogP contribution in [0.2, 0.25) is 0 Å². The smallest absolute Gasteiger partial charge is 0.378 e. The Morgan fingerprint density at radius 1 is 1.42 bits per heavy atom. The fourth-order valence-electron chi connectivity index (χ4n) is 1.09. The number of hydrogen-bond donors (Lipinski definition) is 1. The Kier molecular flexibility index (Phi) is 5.88. The third kappa shape index (κ3) is 4.67. The van der Waals surface area contributed by atoms with Crippen LogP contribution in [0.15, 0.2) is 55.0 Å². The first kappa shape index (κ1) is 14.5. The zero-order valence-electron chi connectivity index (χ0n) is 10.2. The average molecular weight is 257 g/mol. The van der Waals surface area contributed by atoms with Crippen LogP contribution in [0.5, 0.6) is 0 Å². The molecule has 1 aromatic heterocycles. The first-order valence-corrected chi connectivity index (χ1v) is 5.26. The van der Waals surface area contributed by atoms with Crippen molar-refractivity contribution in [3.05, 3.63) is 60.7 Å². The summed E-state index contributed by atoms with van der Waals surface area (Å²) in [5.74, 6) is -0.238. The number of carbonyl (C=O) groups is 1. The third-order valence-electron chi connectivity index (χ3n) is 2.04. The van der Waals surface area contributed by atoms with E-state index in [1.165, 1.54) is 24.4 Å². The van der Waals surface area contributed by atoms with E-state index < -0.39 is 5.97 Å². The van der Waals surface area contributed by atoms with Crippen molar-refractivity contribution in [3.8, 4) is 0 Å². The van der Waals surface area contributed by atoms with Gasteiger partial charge in [-0.05, 0) is 18.2 Å². The van der Waals surface area contributed by atoms with E-state index in [0.717, 1.165) is 0 Å². The van der Waals surface area contributed by atoms with E-state index in [1.54, 1.807) is 6.08 Å². The number of ether oxygens (including phenoxy) is 1. The molecule has 96 valence electrons. The van der Waals surface area contributed by atoms with Crippen molar-refractivity contribution < 1.29 is 14.2 Å². The molecule has 0 unspecified atom stereocenters. The lowest BCUT2D eigenvalue weighted by Gasteiger charge is -2.03. The summed E-state index contributed by atoms with van der Waals surface area (Å²) in [5, 5.41) is 9.94. The molecule has 19 heavy (non-hydrogen) atoms. The van der Waals surface area contributed by atoms with Crippen LogP contribution in [-0.2, 0) is 20.8 Å². The fraction of sp³-hybridized carbons (Fsp3) is 0.0833. The first-order valence-electron chi connectivity index (χ1n) is 5.26. The molecule has 1 N–H and O–H groups in total. The summed E-state index contributed by atoms with van der Waals surface area (Å²) >= 11 is 0. The molecule has 0 aromatic carbocycles. The summed E-state index contributed by atoms with van der Waals surface area (Å²) < 4.78 is 9.49. The SMILES string of the molecule is [B]OC(=O)/C(C=C)=C/C=C(\C=C)OCc1cn[nH]n1. The van der Waals surface area contributed by atoms with E-state index in [1.807, 2.05) is 0 Å².